The third kappa shape index (κ3) is 2.37. The Morgan fingerprint density at radius 3 is 3.00 bits per heavy atom. The van der Waals surface area contributed by atoms with Crippen LogP contribution in [0.15, 0.2) is 17.5 Å². The van der Waals surface area contributed by atoms with Gasteiger partial charge in [-0.25, -0.2) is 0 Å². The second-order valence-corrected chi connectivity index (χ2v) is 6.17. The maximum Gasteiger partial charge on any atom is 0.233 e. The molecule has 15 heavy (non-hydrogen) atoms. The van der Waals surface area contributed by atoms with Crippen molar-refractivity contribution in [1.82, 2.24) is 4.90 Å². The van der Waals surface area contributed by atoms with Gasteiger partial charge in [0.25, 0.3) is 0 Å². The first-order valence-electron chi connectivity index (χ1n) is 5.13. The molecule has 1 aliphatic rings. The number of thioether (sulfide) groups is 1. The van der Waals surface area contributed by atoms with Crippen molar-refractivity contribution < 1.29 is 4.79 Å². The Balaban J connectivity index is 2.14. The molecule has 2 nitrogen and oxygen atoms in total. The maximum atomic E-state index is 11.7. The summed E-state index contributed by atoms with van der Waals surface area (Å²) in [5, 5.41) is 2.34. The number of carbonyl (C=O) groups excluding carboxylic acids is 1. The summed E-state index contributed by atoms with van der Waals surface area (Å²) in [6, 6.07) is 4.17. The zero-order valence-electron chi connectivity index (χ0n) is 8.97. The molecule has 0 aromatic carbocycles. The molecule has 1 atom stereocenters. The molecule has 1 aliphatic heterocycles. The molecule has 0 saturated carbocycles. The van der Waals surface area contributed by atoms with E-state index in [2.05, 4.69) is 31.4 Å². The number of amides is 1. The molecule has 1 saturated heterocycles. The molecule has 2 rings (SSSR count). The average molecular weight is 241 g/mol. The molecule has 2 heterocycles. The lowest BCUT2D eigenvalue weighted by atomic mass is 10.2. The number of hydrogen-bond donors (Lipinski definition) is 0. The van der Waals surface area contributed by atoms with E-state index in [0.29, 0.717) is 11.7 Å². The van der Waals surface area contributed by atoms with Crippen LogP contribution in [0, 0.1) is 5.92 Å². The Bertz CT molecular complexity index is 334. The van der Waals surface area contributed by atoms with Crippen LogP contribution in [0.1, 0.15) is 24.1 Å². The normalized spacial score (nSPS) is 21.7. The highest BCUT2D eigenvalue weighted by Gasteiger charge is 2.33. The van der Waals surface area contributed by atoms with Crippen LogP contribution in [-0.4, -0.2) is 23.1 Å². The van der Waals surface area contributed by atoms with Gasteiger partial charge in [0.05, 0.1) is 5.75 Å². The molecule has 82 valence electrons. The molecule has 1 aromatic heterocycles. The second-order valence-electron chi connectivity index (χ2n) is 4.12. The first kappa shape index (κ1) is 11.0. The third-order valence-electron chi connectivity index (χ3n) is 2.32. The zero-order chi connectivity index (χ0) is 10.8. The summed E-state index contributed by atoms with van der Waals surface area (Å²) in [4.78, 5) is 15.0. The Hall–Kier alpha value is -0.480. The number of hydrogen-bond acceptors (Lipinski definition) is 3. The molecule has 1 fully saturated rings. The monoisotopic (exact) mass is 241 g/mol. The van der Waals surface area contributed by atoms with Gasteiger partial charge in [-0.1, -0.05) is 19.9 Å². The predicted octanol–water partition coefficient (Wildman–Crippen LogP) is 2.98. The third-order valence-corrected chi connectivity index (χ3v) is 4.63. The fourth-order valence-corrected chi connectivity index (χ4v) is 3.89. The average Bonchev–Trinajstić information content (AvgIpc) is 2.76. The molecular weight excluding hydrogens is 226 g/mol. The number of carbonyl (C=O) groups is 1. The van der Waals surface area contributed by atoms with Crippen LogP contribution < -0.4 is 0 Å². The summed E-state index contributed by atoms with van der Waals surface area (Å²) in [5.74, 6) is 1.46. The Labute approximate surface area is 98.7 Å². The highest BCUT2D eigenvalue weighted by atomic mass is 32.2. The van der Waals surface area contributed by atoms with Gasteiger partial charge in [-0.2, -0.15) is 0 Å². The highest BCUT2D eigenvalue weighted by molar-refractivity contribution is 8.00. The largest absolute Gasteiger partial charge is 0.325 e. The summed E-state index contributed by atoms with van der Waals surface area (Å²) in [6.45, 7) is 5.18. The number of rotatable bonds is 3. The van der Waals surface area contributed by atoms with Crippen LogP contribution in [0.5, 0.6) is 0 Å². The highest BCUT2D eigenvalue weighted by Crippen LogP contribution is 2.40. The van der Waals surface area contributed by atoms with Crippen LogP contribution in [0.4, 0.5) is 0 Å². The quantitative estimate of drug-likeness (QED) is 0.811. The van der Waals surface area contributed by atoms with Gasteiger partial charge in [0.1, 0.15) is 5.37 Å². The number of thiophene rings is 1. The minimum Gasteiger partial charge on any atom is -0.325 e. The van der Waals surface area contributed by atoms with E-state index in [-0.39, 0.29) is 11.3 Å². The van der Waals surface area contributed by atoms with E-state index in [1.54, 1.807) is 23.1 Å². The van der Waals surface area contributed by atoms with Crippen molar-refractivity contribution in [3.05, 3.63) is 22.4 Å². The van der Waals surface area contributed by atoms with Gasteiger partial charge in [-0.3, -0.25) is 4.79 Å². The van der Waals surface area contributed by atoms with Crippen LogP contribution in [0.3, 0.4) is 0 Å². The first-order valence-corrected chi connectivity index (χ1v) is 7.06. The molecule has 4 heteroatoms. The molecule has 0 N–H and O–H groups in total. The fraction of sp³-hybridized carbons (Fsp3) is 0.545. The summed E-state index contributed by atoms with van der Waals surface area (Å²) < 4.78 is 0. The van der Waals surface area contributed by atoms with Gasteiger partial charge in [-0.05, 0) is 17.4 Å². The van der Waals surface area contributed by atoms with Crippen molar-refractivity contribution in [2.24, 2.45) is 5.92 Å². The van der Waals surface area contributed by atoms with E-state index in [1.807, 2.05) is 4.90 Å². The van der Waals surface area contributed by atoms with Crippen LogP contribution in [-0.2, 0) is 4.79 Å². The lowest BCUT2D eigenvalue weighted by Crippen LogP contribution is -2.31. The van der Waals surface area contributed by atoms with Gasteiger partial charge in [0, 0.05) is 11.4 Å². The zero-order valence-corrected chi connectivity index (χ0v) is 10.6. The van der Waals surface area contributed by atoms with Gasteiger partial charge < -0.3 is 4.90 Å². The van der Waals surface area contributed by atoms with E-state index in [0.717, 1.165) is 6.54 Å². The summed E-state index contributed by atoms with van der Waals surface area (Å²) in [7, 11) is 0. The van der Waals surface area contributed by atoms with Gasteiger partial charge in [0.2, 0.25) is 5.91 Å². The lowest BCUT2D eigenvalue weighted by molar-refractivity contribution is -0.128. The first-order chi connectivity index (χ1) is 7.18. The van der Waals surface area contributed by atoms with E-state index in [9.17, 15) is 4.79 Å². The molecular formula is C11H15NOS2. The van der Waals surface area contributed by atoms with Crippen LogP contribution >= 0.6 is 23.1 Å². The van der Waals surface area contributed by atoms with Gasteiger partial charge in [0.15, 0.2) is 0 Å². The van der Waals surface area contributed by atoms with Gasteiger partial charge >= 0.3 is 0 Å². The Kier molecular flexibility index (Phi) is 3.36. The minimum atomic E-state index is 0.264. The van der Waals surface area contributed by atoms with E-state index in [1.165, 1.54) is 4.88 Å². The molecule has 0 aliphatic carbocycles. The Morgan fingerprint density at radius 1 is 1.60 bits per heavy atom. The predicted molar refractivity (Wildman–Crippen MR) is 66.1 cm³/mol. The standard InChI is InChI=1S/C11H15NOS2/c1-8(2)6-12-10(13)7-15-11(12)9-4-3-5-14-9/h3-5,8,11H,6-7H2,1-2H3. The van der Waals surface area contributed by atoms with Crippen molar-refractivity contribution in [3.63, 3.8) is 0 Å². The van der Waals surface area contributed by atoms with E-state index >= 15 is 0 Å². The van der Waals surface area contributed by atoms with Crippen molar-refractivity contribution >= 4 is 29.0 Å². The molecule has 1 amide bonds. The Morgan fingerprint density at radius 2 is 2.40 bits per heavy atom. The van der Waals surface area contributed by atoms with Crippen LogP contribution in [0.2, 0.25) is 0 Å². The van der Waals surface area contributed by atoms with Crippen molar-refractivity contribution in [2.75, 3.05) is 12.3 Å². The van der Waals surface area contributed by atoms with E-state index < -0.39 is 0 Å². The summed E-state index contributed by atoms with van der Waals surface area (Å²) >= 11 is 3.48. The second kappa shape index (κ2) is 4.58. The molecule has 1 aromatic rings. The van der Waals surface area contributed by atoms with Crippen molar-refractivity contribution in [3.8, 4) is 0 Å². The van der Waals surface area contributed by atoms with Crippen LogP contribution in [0.25, 0.3) is 0 Å². The molecule has 1 unspecified atom stereocenters. The molecule has 0 spiro atoms. The SMILES string of the molecule is CC(C)CN1C(=O)CSC1c1cccs1. The topological polar surface area (TPSA) is 20.3 Å². The number of nitrogens with zero attached hydrogens (tertiary/aromatic N) is 1. The molecule has 0 bridgehead atoms. The smallest absolute Gasteiger partial charge is 0.233 e. The van der Waals surface area contributed by atoms with Crippen molar-refractivity contribution in [2.45, 2.75) is 19.2 Å². The lowest BCUT2D eigenvalue weighted by Gasteiger charge is -2.24. The minimum absolute atomic E-state index is 0.264. The summed E-state index contributed by atoms with van der Waals surface area (Å²) in [5.41, 5.74) is 0. The summed E-state index contributed by atoms with van der Waals surface area (Å²) in [6.07, 6.45) is 0. The van der Waals surface area contributed by atoms with Crippen molar-refractivity contribution in [1.29, 1.82) is 0 Å². The van der Waals surface area contributed by atoms with Gasteiger partial charge in [-0.15, -0.1) is 23.1 Å². The fourth-order valence-electron chi connectivity index (χ4n) is 1.71. The van der Waals surface area contributed by atoms with E-state index in [4.69, 9.17) is 0 Å². The maximum absolute atomic E-state index is 11.7. The molecule has 0 radical (unpaired) electrons.